The summed E-state index contributed by atoms with van der Waals surface area (Å²) < 4.78 is 5.77. The van der Waals surface area contributed by atoms with E-state index in [9.17, 15) is 15.0 Å². The molecule has 5 nitrogen and oxygen atoms in total. The van der Waals surface area contributed by atoms with E-state index >= 15 is 0 Å². The van der Waals surface area contributed by atoms with Crippen molar-refractivity contribution >= 4 is 5.97 Å². The van der Waals surface area contributed by atoms with Gasteiger partial charge in [-0.1, -0.05) is 31.9 Å². The first kappa shape index (κ1) is 20.1. The second-order valence-corrected chi connectivity index (χ2v) is 6.44. The lowest BCUT2D eigenvalue weighted by molar-refractivity contribution is -0.137. The topological polar surface area (TPSA) is 87.0 Å². The number of carboxylic acid groups (broad SMARTS) is 1. The molecule has 0 aliphatic carbocycles. The van der Waals surface area contributed by atoms with E-state index in [1.807, 2.05) is 12.2 Å². The van der Waals surface area contributed by atoms with Crippen LogP contribution in [0, 0.1) is 0 Å². The van der Waals surface area contributed by atoms with Crippen LogP contribution >= 0.6 is 0 Å². The molecule has 1 rings (SSSR count). The van der Waals surface area contributed by atoms with Crippen LogP contribution in [0.2, 0.25) is 0 Å². The maximum atomic E-state index is 10.4. The molecule has 1 aliphatic heterocycles. The standard InChI is InChI=1S/C18H32O5/c1-2-15-12-13-17(23-15)16(20)10-7-6-9-14(19)8-4-3-5-11-18(21)22/h6-7,14-17,19-20H,2-5,8-13H2,1H3,(H,21,22)/b7-6-. The van der Waals surface area contributed by atoms with Gasteiger partial charge in [0.05, 0.1) is 24.4 Å². The van der Waals surface area contributed by atoms with Gasteiger partial charge < -0.3 is 20.1 Å². The first-order valence-electron chi connectivity index (χ1n) is 8.91. The summed E-state index contributed by atoms with van der Waals surface area (Å²) in [5.74, 6) is -0.761. The summed E-state index contributed by atoms with van der Waals surface area (Å²) in [6, 6.07) is 0. The summed E-state index contributed by atoms with van der Waals surface area (Å²) in [5.41, 5.74) is 0. The van der Waals surface area contributed by atoms with Gasteiger partial charge in [-0.3, -0.25) is 4.79 Å². The third kappa shape index (κ3) is 9.08. The lowest BCUT2D eigenvalue weighted by Gasteiger charge is -2.17. The molecule has 0 aromatic heterocycles. The van der Waals surface area contributed by atoms with Gasteiger partial charge in [0, 0.05) is 6.42 Å². The van der Waals surface area contributed by atoms with Crippen LogP contribution in [0.4, 0.5) is 0 Å². The Labute approximate surface area is 139 Å². The third-order valence-corrected chi connectivity index (χ3v) is 4.41. The van der Waals surface area contributed by atoms with Crippen LogP contribution in [0.25, 0.3) is 0 Å². The van der Waals surface area contributed by atoms with Crippen LogP contribution in [0.5, 0.6) is 0 Å². The van der Waals surface area contributed by atoms with Gasteiger partial charge in [0.2, 0.25) is 0 Å². The zero-order chi connectivity index (χ0) is 17.1. The largest absolute Gasteiger partial charge is 0.481 e. The molecule has 5 heteroatoms. The van der Waals surface area contributed by atoms with Crippen LogP contribution in [-0.2, 0) is 9.53 Å². The molecule has 23 heavy (non-hydrogen) atoms. The first-order valence-corrected chi connectivity index (χ1v) is 8.91. The van der Waals surface area contributed by atoms with E-state index in [1.165, 1.54) is 0 Å². The number of carbonyl (C=O) groups is 1. The summed E-state index contributed by atoms with van der Waals surface area (Å²) in [7, 11) is 0. The molecule has 134 valence electrons. The van der Waals surface area contributed by atoms with E-state index in [1.54, 1.807) is 0 Å². The van der Waals surface area contributed by atoms with Gasteiger partial charge in [0.15, 0.2) is 0 Å². The zero-order valence-electron chi connectivity index (χ0n) is 14.2. The van der Waals surface area contributed by atoms with Crippen LogP contribution in [0.1, 0.15) is 71.1 Å². The smallest absolute Gasteiger partial charge is 0.303 e. The van der Waals surface area contributed by atoms with Crippen LogP contribution in [-0.4, -0.2) is 45.7 Å². The number of aliphatic hydroxyl groups excluding tert-OH is 2. The molecule has 1 fully saturated rings. The third-order valence-electron chi connectivity index (χ3n) is 4.41. The lowest BCUT2D eigenvalue weighted by Crippen LogP contribution is -2.25. The normalized spacial score (nSPS) is 24.1. The number of aliphatic hydroxyl groups is 2. The van der Waals surface area contributed by atoms with Crippen molar-refractivity contribution in [3.05, 3.63) is 12.2 Å². The van der Waals surface area contributed by atoms with Gasteiger partial charge in [0.25, 0.3) is 0 Å². The fraction of sp³-hybridized carbons (Fsp3) is 0.833. The Morgan fingerprint density at radius 1 is 1.17 bits per heavy atom. The Hall–Kier alpha value is -0.910. The Balaban J connectivity index is 2.05. The second-order valence-electron chi connectivity index (χ2n) is 6.44. The number of rotatable bonds is 12. The second kappa shape index (κ2) is 11.6. The van der Waals surface area contributed by atoms with Crippen molar-refractivity contribution in [2.24, 2.45) is 0 Å². The number of unbranched alkanes of at least 4 members (excludes halogenated alkanes) is 2. The highest BCUT2D eigenvalue weighted by Crippen LogP contribution is 2.25. The molecule has 0 bridgehead atoms. The molecule has 1 heterocycles. The minimum Gasteiger partial charge on any atom is -0.481 e. The van der Waals surface area contributed by atoms with Crippen molar-refractivity contribution < 1.29 is 24.9 Å². The van der Waals surface area contributed by atoms with Crippen molar-refractivity contribution in [1.29, 1.82) is 0 Å². The molecule has 4 atom stereocenters. The number of ether oxygens (including phenoxy) is 1. The average Bonchev–Trinajstić information content (AvgIpc) is 3.00. The van der Waals surface area contributed by atoms with Crippen molar-refractivity contribution in [1.82, 2.24) is 0 Å². The van der Waals surface area contributed by atoms with Crippen LogP contribution < -0.4 is 0 Å². The van der Waals surface area contributed by atoms with Crippen LogP contribution in [0.3, 0.4) is 0 Å². The van der Waals surface area contributed by atoms with Crippen LogP contribution in [0.15, 0.2) is 12.2 Å². The summed E-state index contributed by atoms with van der Waals surface area (Å²) in [6.45, 7) is 2.10. The van der Waals surface area contributed by atoms with Gasteiger partial charge in [-0.2, -0.15) is 0 Å². The van der Waals surface area contributed by atoms with Gasteiger partial charge in [-0.05, 0) is 44.9 Å². The maximum Gasteiger partial charge on any atom is 0.303 e. The summed E-state index contributed by atoms with van der Waals surface area (Å²) in [4.78, 5) is 10.4. The lowest BCUT2D eigenvalue weighted by atomic mass is 10.0. The zero-order valence-corrected chi connectivity index (χ0v) is 14.2. The number of hydrogen-bond acceptors (Lipinski definition) is 4. The molecule has 1 saturated heterocycles. The van der Waals surface area contributed by atoms with Gasteiger partial charge in [0.1, 0.15) is 0 Å². The number of hydrogen-bond donors (Lipinski definition) is 3. The van der Waals surface area contributed by atoms with Crippen molar-refractivity contribution in [3.63, 3.8) is 0 Å². The molecule has 0 radical (unpaired) electrons. The van der Waals surface area contributed by atoms with E-state index in [4.69, 9.17) is 9.84 Å². The van der Waals surface area contributed by atoms with Crippen molar-refractivity contribution in [3.8, 4) is 0 Å². The predicted octanol–water partition coefficient (Wildman–Crippen LogP) is 3.04. The fourth-order valence-corrected chi connectivity index (χ4v) is 2.91. The molecular weight excluding hydrogens is 296 g/mol. The average molecular weight is 328 g/mol. The Kier molecular flexibility index (Phi) is 10.2. The Bertz CT molecular complexity index is 355. The summed E-state index contributed by atoms with van der Waals surface area (Å²) in [5, 5.41) is 28.5. The van der Waals surface area contributed by atoms with E-state index in [0.717, 1.165) is 32.1 Å². The molecule has 0 aromatic rings. The Morgan fingerprint density at radius 3 is 2.57 bits per heavy atom. The molecule has 3 N–H and O–H groups in total. The molecular formula is C18H32O5. The minimum absolute atomic E-state index is 0.0521. The highest BCUT2D eigenvalue weighted by molar-refractivity contribution is 5.66. The van der Waals surface area contributed by atoms with Gasteiger partial charge in [-0.25, -0.2) is 0 Å². The molecule has 1 aliphatic rings. The molecule has 0 spiro atoms. The quantitative estimate of drug-likeness (QED) is 0.379. The van der Waals surface area contributed by atoms with Crippen molar-refractivity contribution in [2.45, 2.75) is 95.5 Å². The number of aliphatic carboxylic acids is 1. The van der Waals surface area contributed by atoms with Crippen molar-refractivity contribution in [2.75, 3.05) is 0 Å². The summed E-state index contributed by atoms with van der Waals surface area (Å²) in [6.07, 6.45) is 10.6. The molecule has 4 unspecified atom stereocenters. The SMILES string of the molecule is CCC1CCC(C(O)C/C=C\CC(O)CCCCCC(=O)O)O1. The van der Waals surface area contributed by atoms with E-state index in [-0.39, 0.29) is 18.6 Å². The van der Waals surface area contributed by atoms with Gasteiger partial charge >= 0.3 is 5.97 Å². The summed E-state index contributed by atoms with van der Waals surface area (Å²) >= 11 is 0. The highest BCUT2D eigenvalue weighted by Gasteiger charge is 2.28. The first-order chi connectivity index (χ1) is 11.0. The van der Waals surface area contributed by atoms with Gasteiger partial charge in [-0.15, -0.1) is 0 Å². The molecule has 0 amide bonds. The Morgan fingerprint density at radius 2 is 1.91 bits per heavy atom. The minimum atomic E-state index is -0.761. The van der Waals surface area contributed by atoms with E-state index < -0.39 is 12.1 Å². The highest BCUT2D eigenvalue weighted by atomic mass is 16.5. The van der Waals surface area contributed by atoms with E-state index in [2.05, 4.69) is 6.92 Å². The van der Waals surface area contributed by atoms with E-state index in [0.29, 0.717) is 31.8 Å². The maximum absolute atomic E-state index is 10.4. The monoisotopic (exact) mass is 328 g/mol. The molecule has 0 aromatic carbocycles. The fourth-order valence-electron chi connectivity index (χ4n) is 2.91. The molecule has 0 saturated carbocycles. The number of carboxylic acids is 1. The predicted molar refractivity (Wildman–Crippen MR) is 89.3 cm³/mol.